The van der Waals surface area contributed by atoms with Gasteiger partial charge in [-0.2, -0.15) is 0 Å². The van der Waals surface area contributed by atoms with Crippen LogP contribution in [0.3, 0.4) is 0 Å². The first-order valence-corrected chi connectivity index (χ1v) is 8.20. The first-order valence-electron chi connectivity index (χ1n) is 7.41. The molecule has 0 spiro atoms. The van der Waals surface area contributed by atoms with Crippen molar-refractivity contribution in [2.45, 2.75) is 25.0 Å². The molecule has 0 aliphatic carbocycles. The molecule has 0 N–H and O–H groups in total. The van der Waals surface area contributed by atoms with Crippen LogP contribution in [0.1, 0.15) is 12.0 Å². The third-order valence-electron chi connectivity index (χ3n) is 4.51. The Morgan fingerprint density at radius 2 is 2.18 bits per heavy atom. The molecule has 114 valence electrons. The van der Waals surface area contributed by atoms with Gasteiger partial charge in [0.1, 0.15) is 0 Å². The second-order valence-corrected chi connectivity index (χ2v) is 6.86. The van der Waals surface area contributed by atoms with E-state index in [1.54, 1.807) is 18.5 Å². The van der Waals surface area contributed by atoms with Crippen LogP contribution in [0, 0.1) is 5.82 Å². The highest BCUT2D eigenvalue weighted by atomic mass is 79.9. The lowest BCUT2D eigenvalue weighted by Crippen LogP contribution is -2.46. The molecule has 2 aromatic rings. The lowest BCUT2D eigenvalue weighted by molar-refractivity contribution is 0.229. The second-order valence-electron chi connectivity index (χ2n) is 5.95. The van der Waals surface area contributed by atoms with Gasteiger partial charge in [0.25, 0.3) is 0 Å². The summed E-state index contributed by atoms with van der Waals surface area (Å²) in [5, 5.41) is 0. The van der Waals surface area contributed by atoms with E-state index in [0.717, 1.165) is 30.5 Å². The highest BCUT2D eigenvalue weighted by Crippen LogP contribution is 2.35. The van der Waals surface area contributed by atoms with E-state index in [2.05, 4.69) is 41.8 Å². The van der Waals surface area contributed by atoms with Gasteiger partial charge in [-0.1, -0.05) is 0 Å². The van der Waals surface area contributed by atoms with E-state index in [1.807, 2.05) is 6.20 Å². The normalized spacial score (nSPS) is 24.2. The molecular formula is C16H16BrFN4. The first-order chi connectivity index (χ1) is 10.7. The molecule has 4 heterocycles. The van der Waals surface area contributed by atoms with Gasteiger partial charge in [-0.25, -0.2) is 9.37 Å². The van der Waals surface area contributed by atoms with Crippen LogP contribution >= 0.6 is 15.9 Å². The molecule has 0 radical (unpaired) electrons. The van der Waals surface area contributed by atoms with Crippen LogP contribution in [0.2, 0.25) is 0 Å². The van der Waals surface area contributed by atoms with Crippen molar-refractivity contribution in [3.05, 3.63) is 52.6 Å². The summed E-state index contributed by atoms with van der Waals surface area (Å²) in [5.74, 6) is 0.275. The fourth-order valence-corrected chi connectivity index (χ4v) is 3.98. The van der Waals surface area contributed by atoms with E-state index in [4.69, 9.17) is 0 Å². The molecule has 2 aliphatic heterocycles. The standard InChI is InChI=1S/C16H16BrFN4/c17-12-4-11(6-19-7-12)8-21-9-14-5-13(21)10-22(14)16-15(18)2-1-3-20-16/h1-4,6-7,13-14H,5,8-10H2. The maximum absolute atomic E-state index is 13.9. The van der Waals surface area contributed by atoms with Crippen LogP contribution in [0.25, 0.3) is 0 Å². The van der Waals surface area contributed by atoms with Gasteiger partial charge in [0.05, 0.1) is 0 Å². The predicted molar refractivity (Wildman–Crippen MR) is 86.1 cm³/mol. The van der Waals surface area contributed by atoms with Crippen molar-refractivity contribution >= 4 is 21.7 Å². The summed E-state index contributed by atoms with van der Waals surface area (Å²) in [6.45, 7) is 2.69. The Hall–Kier alpha value is -1.53. The van der Waals surface area contributed by atoms with Crippen molar-refractivity contribution < 1.29 is 4.39 Å². The zero-order valence-corrected chi connectivity index (χ0v) is 13.6. The highest BCUT2D eigenvalue weighted by Gasteiger charge is 2.44. The monoisotopic (exact) mass is 362 g/mol. The highest BCUT2D eigenvalue weighted by molar-refractivity contribution is 9.10. The van der Waals surface area contributed by atoms with E-state index in [1.165, 1.54) is 11.6 Å². The van der Waals surface area contributed by atoms with Crippen molar-refractivity contribution in [3.63, 3.8) is 0 Å². The maximum atomic E-state index is 13.9. The molecule has 2 fully saturated rings. The first kappa shape index (κ1) is 14.1. The van der Waals surface area contributed by atoms with E-state index < -0.39 is 0 Å². The minimum Gasteiger partial charge on any atom is -0.348 e. The number of hydrogen-bond donors (Lipinski definition) is 0. The SMILES string of the molecule is Fc1cccnc1N1CC2CC1CN2Cc1cncc(Br)c1. The number of hydrogen-bond acceptors (Lipinski definition) is 4. The zero-order chi connectivity index (χ0) is 15.1. The Balaban J connectivity index is 1.47. The summed E-state index contributed by atoms with van der Waals surface area (Å²) < 4.78 is 14.9. The van der Waals surface area contributed by atoms with Gasteiger partial charge in [-0.05, 0) is 46.1 Å². The van der Waals surface area contributed by atoms with Crippen molar-refractivity contribution in [3.8, 4) is 0 Å². The molecule has 22 heavy (non-hydrogen) atoms. The van der Waals surface area contributed by atoms with Gasteiger partial charge < -0.3 is 4.90 Å². The van der Waals surface area contributed by atoms with Gasteiger partial charge in [-0.3, -0.25) is 9.88 Å². The number of rotatable bonds is 3. The molecule has 0 amide bonds. The maximum Gasteiger partial charge on any atom is 0.165 e. The molecule has 4 nitrogen and oxygen atoms in total. The van der Waals surface area contributed by atoms with Gasteiger partial charge >= 0.3 is 0 Å². The number of piperazine rings is 1. The summed E-state index contributed by atoms with van der Waals surface area (Å²) in [7, 11) is 0. The molecule has 4 rings (SSSR count). The van der Waals surface area contributed by atoms with E-state index in [-0.39, 0.29) is 5.82 Å². The van der Waals surface area contributed by atoms with Crippen LogP contribution in [0.15, 0.2) is 41.3 Å². The topological polar surface area (TPSA) is 32.3 Å². The Labute approximate surface area is 137 Å². The Morgan fingerprint density at radius 3 is 2.91 bits per heavy atom. The number of pyridine rings is 2. The Kier molecular flexibility index (Phi) is 3.58. The predicted octanol–water partition coefficient (Wildman–Crippen LogP) is 2.84. The third-order valence-corrected chi connectivity index (χ3v) is 4.95. The van der Waals surface area contributed by atoms with Crippen LogP contribution in [0.4, 0.5) is 10.2 Å². The van der Waals surface area contributed by atoms with Crippen LogP contribution in [-0.2, 0) is 6.54 Å². The molecule has 2 aliphatic rings. The lowest BCUT2D eigenvalue weighted by Gasteiger charge is -2.35. The van der Waals surface area contributed by atoms with Crippen LogP contribution in [0.5, 0.6) is 0 Å². The van der Waals surface area contributed by atoms with E-state index >= 15 is 0 Å². The quantitative estimate of drug-likeness (QED) is 0.840. The molecule has 2 aromatic heterocycles. The fourth-order valence-electron chi connectivity index (χ4n) is 3.57. The molecule has 6 heteroatoms. The van der Waals surface area contributed by atoms with Crippen molar-refractivity contribution in [2.24, 2.45) is 0 Å². The molecule has 2 unspecified atom stereocenters. The number of fused-ring (bicyclic) bond motifs is 2. The summed E-state index contributed by atoms with van der Waals surface area (Å²) in [6, 6.07) is 6.05. The number of likely N-dealkylation sites (tertiary alicyclic amines) is 1. The minimum atomic E-state index is -0.224. The van der Waals surface area contributed by atoms with Crippen molar-refractivity contribution in [1.82, 2.24) is 14.9 Å². The summed E-state index contributed by atoms with van der Waals surface area (Å²) in [4.78, 5) is 13.0. The summed E-state index contributed by atoms with van der Waals surface area (Å²) in [6.07, 6.45) is 6.45. The zero-order valence-electron chi connectivity index (χ0n) is 12.0. The smallest absolute Gasteiger partial charge is 0.165 e. The van der Waals surface area contributed by atoms with E-state index in [0.29, 0.717) is 17.9 Å². The third kappa shape index (κ3) is 2.50. The molecule has 2 saturated heterocycles. The average molecular weight is 363 g/mol. The van der Waals surface area contributed by atoms with Gasteiger partial charge in [-0.15, -0.1) is 0 Å². The van der Waals surface area contributed by atoms with Gasteiger partial charge in [0.2, 0.25) is 0 Å². The molecular weight excluding hydrogens is 347 g/mol. The Bertz CT molecular complexity index is 695. The Morgan fingerprint density at radius 1 is 1.27 bits per heavy atom. The number of aromatic nitrogens is 2. The second kappa shape index (κ2) is 5.59. The minimum absolute atomic E-state index is 0.224. The molecule has 2 atom stereocenters. The van der Waals surface area contributed by atoms with Crippen molar-refractivity contribution in [2.75, 3.05) is 18.0 Å². The number of anilines is 1. The fraction of sp³-hybridized carbons (Fsp3) is 0.375. The lowest BCUT2D eigenvalue weighted by atomic mass is 10.2. The molecule has 2 bridgehead atoms. The van der Waals surface area contributed by atoms with E-state index in [9.17, 15) is 4.39 Å². The number of halogens is 2. The van der Waals surface area contributed by atoms with Gasteiger partial charge in [0.15, 0.2) is 11.6 Å². The van der Waals surface area contributed by atoms with Crippen LogP contribution in [-0.4, -0.2) is 40.0 Å². The van der Waals surface area contributed by atoms with Crippen molar-refractivity contribution in [1.29, 1.82) is 0 Å². The summed E-state index contributed by atoms with van der Waals surface area (Å²) >= 11 is 3.46. The summed E-state index contributed by atoms with van der Waals surface area (Å²) in [5.41, 5.74) is 1.21. The van der Waals surface area contributed by atoms with Crippen LogP contribution < -0.4 is 4.90 Å². The average Bonchev–Trinajstić information content (AvgIpc) is 3.08. The van der Waals surface area contributed by atoms with Gasteiger partial charge in [0, 0.05) is 54.8 Å². The number of nitrogens with zero attached hydrogens (tertiary/aromatic N) is 4. The molecule has 0 saturated carbocycles. The molecule has 0 aromatic carbocycles. The largest absolute Gasteiger partial charge is 0.348 e.